The highest BCUT2D eigenvalue weighted by molar-refractivity contribution is 5.82. The molecule has 0 fully saturated rings. The number of urea groups is 1. The summed E-state index contributed by atoms with van der Waals surface area (Å²) in [7, 11) is 1.63. The van der Waals surface area contributed by atoms with Crippen LogP contribution in [0, 0.1) is 0 Å². The second-order valence-electron chi connectivity index (χ2n) is 4.39. The summed E-state index contributed by atoms with van der Waals surface area (Å²) in [4.78, 5) is 28.2. The number of likely N-dealkylation sites (N-methyl/N-ethyl adjacent to an activating group) is 1. The lowest BCUT2D eigenvalue weighted by Crippen LogP contribution is -2.46. The van der Waals surface area contributed by atoms with Crippen LogP contribution in [0.5, 0.6) is 0 Å². The van der Waals surface area contributed by atoms with Gasteiger partial charge >= 0.3 is 12.0 Å². The second-order valence-corrected chi connectivity index (χ2v) is 4.39. The maximum atomic E-state index is 11.9. The van der Waals surface area contributed by atoms with Crippen LogP contribution < -0.4 is 5.32 Å². The zero-order valence-corrected chi connectivity index (χ0v) is 11.5. The van der Waals surface area contributed by atoms with Gasteiger partial charge in [-0.05, 0) is 30.5 Å². The number of carboxylic acid groups (broad SMARTS) is 1. The van der Waals surface area contributed by atoms with E-state index in [-0.39, 0.29) is 6.42 Å². The molecule has 0 aliphatic carbocycles. The van der Waals surface area contributed by atoms with Gasteiger partial charge in [0, 0.05) is 26.0 Å². The van der Waals surface area contributed by atoms with Crippen LogP contribution in [0.3, 0.4) is 0 Å². The fraction of sp³-hybridized carbons (Fsp3) is 0.357. The molecule has 1 unspecified atom stereocenters. The van der Waals surface area contributed by atoms with Gasteiger partial charge in [-0.3, -0.25) is 4.98 Å². The number of carbonyl (C=O) groups is 2. The lowest BCUT2D eigenvalue weighted by molar-refractivity contribution is -0.139. The Bertz CT molecular complexity index is 462. The van der Waals surface area contributed by atoms with Crippen molar-refractivity contribution in [2.24, 2.45) is 0 Å². The lowest BCUT2D eigenvalue weighted by atomic mass is 10.2. The van der Waals surface area contributed by atoms with Crippen molar-refractivity contribution in [1.29, 1.82) is 0 Å². The Hall–Kier alpha value is -2.37. The van der Waals surface area contributed by atoms with E-state index >= 15 is 0 Å². The molecule has 1 rings (SSSR count). The summed E-state index contributed by atoms with van der Waals surface area (Å²) in [5.41, 5.74) is 1.07. The van der Waals surface area contributed by atoms with Crippen molar-refractivity contribution in [3.8, 4) is 0 Å². The Kier molecular flexibility index (Phi) is 6.22. The Morgan fingerprint density at radius 3 is 2.70 bits per heavy atom. The largest absolute Gasteiger partial charge is 0.480 e. The lowest BCUT2D eigenvalue weighted by Gasteiger charge is -2.20. The number of amides is 2. The fourth-order valence-corrected chi connectivity index (χ4v) is 1.60. The number of hydrogen-bond donors (Lipinski definition) is 2. The summed E-state index contributed by atoms with van der Waals surface area (Å²) in [6, 6.07) is 2.41. The highest BCUT2D eigenvalue weighted by atomic mass is 16.4. The molecule has 2 N–H and O–H groups in total. The van der Waals surface area contributed by atoms with E-state index in [4.69, 9.17) is 5.11 Å². The molecule has 1 aromatic heterocycles. The van der Waals surface area contributed by atoms with Crippen LogP contribution >= 0.6 is 0 Å². The molecule has 6 nitrogen and oxygen atoms in total. The van der Waals surface area contributed by atoms with Crippen LogP contribution in [-0.2, 0) is 11.2 Å². The molecule has 1 heterocycles. The van der Waals surface area contributed by atoms with Gasteiger partial charge in [0.2, 0.25) is 0 Å². The number of carbonyl (C=O) groups excluding carboxylic acids is 1. The zero-order chi connectivity index (χ0) is 15.0. The van der Waals surface area contributed by atoms with E-state index in [2.05, 4.69) is 16.9 Å². The summed E-state index contributed by atoms with van der Waals surface area (Å²) in [6.45, 7) is 3.97. The average molecular weight is 277 g/mol. The van der Waals surface area contributed by atoms with Crippen molar-refractivity contribution in [3.63, 3.8) is 0 Å². The van der Waals surface area contributed by atoms with Crippen LogP contribution in [0.1, 0.15) is 12.0 Å². The maximum Gasteiger partial charge on any atom is 0.326 e. The van der Waals surface area contributed by atoms with Crippen LogP contribution in [0.4, 0.5) is 4.79 Å². The number of aromatic nitrogens is 1. The van der Waals surface area contributed by atoms with Crippen LogP contribution in [0.2, 0.25) is 0 Å². The van der Waals surface area contributed by atoms with Gasteiger partial charge < -0.3 is 15.3 Å². The van der Waals surface area contributed by atoms with Gasteiger partial charge in [0.1, 0.15) is 6.04 Å². The minimum absolute atomic E-state index is 0.194. The van der Waals surface area contributed by atoms with Crippen molar-refractivity contribution in [3.05, 3.63) is 42.7 Å². The number of rotatable bonds is 7. The molecule has 20 heavy (non-hydrogen) atoms. The monoisotopic (exact) mass is 277 g/mol. The highest BCUT2D eigenvalue weighted by Crippen LogP contribution is 2.00. The molecule has 1 atom stereocenters. The summed E-state index contributed by atoms with van der Waals surface area (Å²) < 4.78 is 0. The number of hydrogen-bond acceptors (Lipinski definition) is 3. The molecule has 0 aliphatic rings. The SMILES string of the molecule is C=CCC(NC(=O)N(C)CCc1ccncc1)C(=O)O. The fourth-order valence-electron chi connectivity index (χ4n) is 1.60. The number of nitrogens with one attached hydrogen (secondary N) is 1. The molecule has 0 saturated carbocycles. The molecule has 0 bridgehead atoms. The van der Waals surface area contributed by atoms with Crippen LogP contribution in [0.15, 0.2) is 37.2 Å². The first-order valence-corrected chi connectivity index (χ1v) is 6.28. The maximum absolute atomic E-state index is 11.9. The smallest absolute Gasteiger partial charge is 0.326 e. The Morgan fingerprint density at radius 1 is 1.50 bits per heavy atom. The molecule has 1 aromatic rings. The topological polar surface area (TPSA) is 82.5 Å². The zero-order valence-electron chi connectivity index (χ0n) is 11.5. The highest BCUT2D eigenvalue weighted by Gasteiger charge is 2.20. The van der Waals surface area contributed by atoms with Gasteiger partial charge in [0.25, 0.3) is 0 Å². The van der Waals surface area contributed by atoms with E-state index < -0.39 is 18.0 Å². The van der Waals surface area contributed by atoms with Crippen molar-refractivity contribution in [1.82, 2.24) is 15.2 Å². The standard InChI is InChI=1S/C14H19N3O3/c1-3-4-12(13(18)19)16-14(20)17(2)10-7-11-5-8-15-9-6-11/h3,5-6,8-9,12H,1,4,7,10H2,2H3,(H,16,20)(H,18,19). The third-order valence-corrected chi connectivity index (χ3v) is 2.83. The molecule has 0 aromatic carbocycles. The van der Waals surface area contributed by atoms with Crippen molar-refractivity contribution < 1.29 is 14.7 Å². The van der Waals surface area contributed by atoms with Crippen LogP contribution in [0.25, 0.3) is 0 Å². The van der Waals surface area contributed by atoms with E-state index in [0.717, 1.165) is 5.56 Å². The third-order valence-electron chi connectivity index (χ3n) is 2.83. The Balaban J connectivity index is 2.46. The summed E-state index contributed by atoms with van der Waals surface area (Å²) in [6.07, 6.45) is 5.74. The second kappa shape index (κ2) is 7.93. The Labute approximate surface area is 118 Å². The molecule has 0 spiro atoms. The molecular formula is C14H19N3O3. The van der Waals surface area contributed by atoms with Gasteiger partial charge in [0.15, 0.2) is 0 Å². The number of aliphatic carboxylic acids is 1. The predicted octanol–water partition coefficient (Wildman–Crippen LogP) is 1.29. The van der Waals surface area contributed by atoms with Crippen LogP contribution in [-0.4, -0.2) is 46.6 Å². The van der Waals surface area contributed by atoms with E-state index in [9.17, 15) is 9.59 Å². The van der Waals surface area contributed by atoms with E-state index in [1.54, 1.807) is 19.4 Å². The molecule has 108 valence electrons. The van der Waals surface area contributed by atoms with E-state index in [0.29, 0.717) is 13.0 Å². The third kappa shape index (κ3) is 5.09. The van der Waals surface area contributed by atoms with Crippen molar-refractivity contribution in [2.45, 2.75) is 18.9 Å². The van der Waals surface area contributed by atoms with E-state index in [1.165, 1.54) is 11.0 Å². The van der Waals surface area contributed by atoms with Crippen molar-refractivity contribution >= 4 is 12.0 Å². The first-order valence-electron chi connectivity index (χ1n) is 6.28. The minimum atomic E-state index is -1.07. The molecule has 6 heteroatoms. The number of carboxylic acids is 1. The van der Waals surface area contributed by atoms with Gasteiger partial charge in [-0.15, -0.1) is 6.58 Å². The average Bonchev–Trinajstić information content (AvgIpc) is 2.45. The van der Waals surface area contributed by atoms with Gasteiger partial charge in [0.05, 0.1) is 0 Å². The van der Waals surface area contributed by atoms with Crippen molar-refractivity contribution in [2.75, 3.05) is 13.6 Å². The van der Waals surface area contributed by atoms with Gasteiger partial charge in [-0.25, -0.2) is 9.59 Å². The summed E-state index contributed by atoms with van der Waals surface area (Å²) >= 11 is 0. The minimum Gasteiger partial charge on any atom is -0.480 e. The summed E-state index contributed by atoms with van der Waals surface area (Å²) in [5.74, 6) is -1.07. The summed E-state index contributed by atoms with van der Waals surface area (Å²) in [5, 5.41) is 11.4. The predicted molar refractivity (Wildman–Crippen MR) is 75.3 cm³/mol. The van der Waals surface area contributed by atoms with Gasteiger partial charge in [-0.1, -0.05) is 6.08 Å². The number of nitrogens with zero attached hydrogens (tertiary/aromatic N) is 2. The molecule has 0 aliphatic heterocycles. The first-order chi connectivity index (χ1) is 9.54. The molecule has 0 saturated heterocycles. The Morgan fingerprint density at radius 2 is 2.15 bits per heavy atom. The first kappa shape index (κ1) is 15.7. The normalized spacial score (nSPS) is 11.4. The van der Waals surface area contributed by atoms with Gasteiger partial charge in [-0.2, -0.15) is 0 Å². The quantitative estimate of drug-likeness (QED) is 0.736. The molecular weight excluding hydrogens is 258 g/mol. The number of pyridine rings is 1. The molecule has 2 amide bonds. The molecule has 0 radical (unpaired) electrons. The van der Waals surface area contributed by atoms with E-state index in [1.807, 2.05) is 12.1 Å².